The summed E-state index contributed by atoms with van der Waals surface area (Å²) in [4.78, 5) is 2.69. The van der Waals surface area contributed by atoms with Crippen LogP contribution in [0, 0.1) is 5.92 Å². The highest BCUT2D eigenvalue weighted by Crippen LogP contribution is 2.28. The molecule has 2 rings (SSSR count). The van der Waals surface area contributed by atoms with E-state index in [0.29, 0.717) is 29.7 Å². The molecule has 0 spiro atoms. The molecule has 0 amide bonds. The Bertz CT molecular complexity index is 294. The molecule has 4 atom stereocenters. The highest BCUT2D eigenvalue weighted by Gasteiger charge is 2.39. The van der Waals surface area contributed by atoms with Crippen molar-refractivity contribution in [2.45, 2.75) is 77.7 Å². The molecular weight excluding hydrogens is 236 g/mol. The van der Waals surface area contributed by atoms with Crippen molar-refractivity contribution in [2.24, 2.45) is 5.92 Å². The van der Waals surface area contributed by atoms with E-state index in [1.807, 2.05) is 0 Å². The van der Waals surface area contributed by atoms with Crippen LogP contribution in [0.1, 0.15) is 53.9 Å². The van der Waals surface area contributed by atoms with Crippen LogP contribution in [0.3, 0.4) is 0 Å². The van der Waals surface area contributed by atoms with Gasteiger partial charge in [-0.05, 0) is 39.0 Å². The Balaban J connectivity index is 1.99. The molecule has 19 heavy (non-hydrogen) atoms. The maximum atomic E-state index is 6.04. The maximum absolute atomic E-state index is 6.04. The van der Waals surface area contributed by atoms with Gasteiger partial charge in [0.05, 0.1) is 12.2 Å². The summed E-state index contributed by atoms with van der Waals surface area (Å²) in [6, 6.07) is 0.624. The SMILES string of the molecule is CCC1(C)CNC(C(C)C)CN1CC1CCC(C)O1. The lowest BCUT2D eigenvalue weighted by atomic mass is 9.89. The molecule has 0 saturated carbocycles. The third kappa shape index (κ3) is 3.50. The van der Waals surface area contributed by atoms with Gasteiger partial charge in [-0.25, -0.2) is 0 Å². The highest BCUT2D eigenvalue weighted by atomic mass is 16.5. The lowest BCUT2D eigenvalue weighted by Crippen LogP contribution is -2.65. The smallest absolute Gasteiger partial charge is 0.0706 e. The largest absolute Gasteiger partial charge is 0.374 e. The van der Waals surface area contributed by atoms with Crippen LogP contribution in [0.5, 0.6) is 0 Å². The fourth-order valence-electron chi connectivity index (χ4n) is 3.34. The second kappa shape index (κ2) is 6.11. The maximum Gasteiger partial charge on any atom is 0.0706 e. The summed E-state index contributed by atoms with van der Waals surface area (Å²) >= 11 is 0. The van der Waals surface area contributed by atoms with Crippen molar-refractivity contribution in [2.75, 3.05) is 19.6 Å². The van der Waals surface area contributed by atoms with Gasteiger partial charge in [0.25, 0.3) is 0 Å². The number of ether oxygens (including phenoxy) is 1. The zero-order valence-corrected chi connectivity index (χ0v) is 13.4. The van der Waals surface area contributed by atoms with Crippen molar-refractivity contribution in [3.05, 3.63) is 0 Å². The standard InChI is InChI=1S/C16H32N2O/c1-6-16(5)11-17-15(12(2)3)10-18(16)9-14-8-7-13(4)19-14/h12-15,17H,6-11H2,1-5H3. The first-order chi connectivity index (χ1) is 8.94. The van der Waals surface area contributed by atoms with E-state index in [2.05, 4.69) is 44.8 Å². The van der Waals surface area contributed by atoms with Crippen molar-refractivity contribution in [1.82, 2.24) is 10.2 Å². The first kappa shape index (κ1) is 15.3. The van der Waals surface area contributed by atoms with Crippen LogP contribution in [0.15, 0.2) is 0 Å². The van der Waals surface area contributed by atoms with Crippen LogP contribution in [0.25, 0.3) is 0 Å². The van der Waals surface area contributed by atoms with Gasteiger partial charge in [-0.2, -0.15) is 0 Å². The van der Waals surface area contributed by atoms with E-state index in [9.17, 15) is 0 Å². The highest BCUT2D eigenvalue weighted by molar-refractivity contribution is 4.97. The third-order valence-electron chi connectivity index (χ3n) is 5.24. The Hall–Kier alpha value is -0.120. The Labute approximate surface area is 119 Å². The minimum atomic E-state index is 0.292. The molecule has 1 N–H and O–H groups in total. The van der Waals surface area contributed by atoms with E-state index in [4.69, 9.17) is 4.74 Å². The molecule has 2 heterocycles. The van der Waals surface area contributed by atoms with Gasteiger partial charge in [0.15, 0.2) is 0 Å². The Morgan fingerprint density at radius 3 is 2.63 bits per heavy atom. The normalized spacial score (nSPS) is 41.1. The van der Waals surface area contributed by atoms with Gasteiger partial charge in [-0.15, -0.1) is 0 Å². The number of piperazine rings is 1. The van der Waals surface area contributed by atoms with Crippen LogP contribution in [-0.2, 0) is 4.74 Å². The summed E-state index contributed by atoms with van der Waals surface area (Å²) in [6.45, 7) is 14.9. The molecule has 0 bridgehead atoms. The number of hydrogen-bond acceptors (Lipinski definition) is 3. The van der Waals surface area contributed by atoms with Gasteiger partial charge < -0.3 is 10.1 Å². The van der Waals surface area contributed by atoms with Gasteiger partial charge in [-0.3, -0.25) is 4.90 Å². The second-order valence-corrected chi connectivity index (χ2v) is 7.13. The van der Waals surface area contributed by atoms with E-state index >= 15 is 0 Å². The first-order valence-electron chi connectivity index (χ1n) is 8.08. The molecule has 0 aromatic rings. The molecule has 0 aromatic heterocycles. The zero-order chi connectivity index (χ0) is 14.0. The van der Waals surface area contributed by atoms with E-state index < -0.39 is 0 Å². The van der Waals surface area contributed by atoms with Gasteiger partial charge >= 0.3 is 0 Å². The number of nitrogens with one attached hydrogen (secondary N) is 1. The monoisotopic (exact) mass is 268 g/mol. The predicted octanol–water partition coefficient (Wildman–Crippen LogP) is 2.65. The van der Waals surface area contributed by atoms with Crippen LogP contribution in [0.2, 0.25) is 0 Å². The molecule has 2 fully saturated rings. The van der Waals surface area contributed by atoms with Gasteiger partial charge in [-0.1, -0.05) is 20.8 Å². The Kier molecular flexibility index (Phi) is 4.91. The van der Waals surface area contributed by atoms with Crippen molar-refractivity contribution >= 4 is 0 Å². The van der Waals surface area contributed by atoms with Gasteiger partial charge in [0, 0.05) is 31.2 Å². The molecule has 3 nitrogen and oxygen atoms in total. The minimum Gasteiger partial charge on any atom is -0.374 e. The quantitative estimate of drug-likeness (QED) is 0.848. The summed E-state index contributed by atoms with van der Waals surface area (Å²) < 4.78 is 6.04. The van der Waals surface area contributed by atoms with Crippen molar-refractivity contribution in [3.8, 4) is 0 Å². The van der Waals surface area contributed by atoms with Crippen molar-refractivity contribution in [3.63, 3.8) is 0 Å². The topological polar surface area (TPSA) is 24.5 Å². The summed E-state index contributed by atoms with van der Waals surface area (Å²) in [5.74, 6) is 0.701. The number of hydrogen-bond donors (Lipinski definition) is 1. The molecule has 0 aromatic carbocycles. The van der Waals surface area contributed by atoms with Crippen LogP contribution < -0.4 is 5.32 Å². The Morgan fingerprint density at radius 2 is 2.11 bits per heavy atom. The average Bonchev–Trinajstić information content (AvgIpc) is 2.77. The van der Waals surface area contributed by atoms with E-state index in [-0.39, 0.29) is 0 Å². The Morgan fingerprint density at radius 1 is 1.37 bits per heavy atom. The summed E-state index contributed by atoms with van der Waals surface area (Å²) in [6.07, 6.45) is 4.57. The first-order valence-corrected chi connectivity index (χ1v) is 8.08. The zero-order valence-electron chi connectivity index (χ0n) is 13.4. The molecule has 4 unspecified atom stereocenters. The van der Waals surface area contributed by atoms with Gasteiger partial charge in [0.1, 0.15) is 0 Å². The summed E-state index contributed by atoms with van der Waals surface area (Å²) in [7, 11) is 0. The average molecular weight is 268 g/mol. The number of nitrogens with zero attached hydrogens (tertiary/aromatic N) is 1. The predicted molar refractivity (Wildman–Crippen MR) is 80.5 cm³/mol. The fraction of sp³-hybridized carbons (Fsp3) is 1.00. The summed E-state index contributed by atoms with van der Waals surface area (Å²) in [5, 5.41) is 3.74. The molecule has 3 heteroatoms. The lowest BCUT2D eigenvalue weighted by molar-refractivity contribution is -0.0226. The lowest BCUT2D eigenvalue weighted by Gasteiger charge is -2.49. The van der Waals surface area contributed by atoms with E-state index in [0.717, 1.165) is 19.6 Å². The van der Waals surface area contributed by atoms with Crippen LogP contribution in [0.4, 0.5) is 0 Å². The van der Waals surface area contributed by atoms with Crippen LogP contribution in [-0.4, -0.2) is 48.3 Å². The van der Waals surface area contributed by atoms with Gasteiger partial charge in [0.2, 0.25) is 0 Å². The van der Waals surface area contributed by atoms with E-state index in [1.165, 1.54) is 19.3 Å². The molecule has 2 saturated heterocycles. The molecule has 2 aliphatic heterocycles. The van der Waals surface area contributed by atoms with E-state index in [1.54, 1.807) is 0 Å². The summed E-state index contributed by atoms with van der Waals surface area (Å²) in [5.41, 5.74) is 0.292. The van der Waals surface area contributed by atoms with Crippen molar-refractivity contribution < 1.29 is 4.74 Å². The molecule has 112 valence electrons. The van der Waals surface area contributed by atoms with Crippen LogP contribution >= 0.6 is 0 Å². The molecular formula is C16H32N2O. The van der Waals surface area contributed by atoms with Crippen molar-refractivity contribution in [1.29, 1.82) is 0 Å². The molecule has 0 aliphatic carbocycles. The second-order valence-electron chi connectivity index (χ2n) is 7.13. The molecule has 2 aliphatic rings. The third-order valence-corrected chi connectivity index (χ3v) is 5.24. The molecule has 0 radical (unpaired) electrons. The fourth-order valence-corrected chi connectivity index (χ4v) is 3.34. The number of rotatable bonds is 4. The minimum absolute atomic E-state index is 0.292.